The molecular formula is C29H28N2O3S2. The Balaban J connectivity index is 1.62. The Morgan fingerprint density at radius 3 is 2.03 bits per heavy atom. The molecule has 0 radical (unpaired) electrons. The highest BCUT2D eigenvalue weighted by Crippen LogP contribution is 2.33. The lowest BCUT2D eigenvalue weighted by molar-refractivity contribution is -0.114. The average Bonchev–Trinajstić information content (AvgIpc) is 2.89. The molecule has 5 nitrogen and oxygen atoms in total. The maximum Gasteiger partial charge on any atom is 0.264 e. The van der Waals surface area contributed by atoms with E-state index in [0.29, 0.717) is 17.3 Å². The van der Waals surface area contributed by atoms with E-state index in [4.69, 9.17) is 0 Å². The number of benzene rings is 4. The molecule has 0 bridgehead atoms. The van der Waals surface area contributed by atoms with Gasteiger partial charge in [0.05, 0.1) is 16.3 Å². The Morgan fingerprint density at radius 2 is 1.39 bits per heavy atom. The molecule has 0 atom stereocenters. The van der Waals surface area contributed by atoms with Crippen LogP contribution in [0, 0.1) is 0 Å². The van der Waals surface area contributed by atoms with Gasteiger partial charge in [-0.25, -0.2) is 8.42 Å². The highest BCUT2D eigenvalue weighted by atomic mass is 32.2. The molecule has 4 rings (SSSR count). The summed E-state index contributed by atoms with van der Waals surface area (Å²) < 4.78 is 28.3. The maximum atomic E-state index is 13.6. The van der Waals surface area contributed by atoms with Crippen LogP contribution in [-0.2, 0) is 14.8 Å². The van der Waals surface area contributed by atoms with Gasteiger partial charge in [0.2, 0.25) is 5.91 Å². The first kappa shape index (κ1) is 25.5. The number of nitrogens with zero attached hydrogens (tertiary/aromatic N) is 1. The summed E-state index contributed by atoms with van der Waals surface area (Å²) >= 11 is 1.53. The second-order valence-electron chi connectivity index (χ2n) is 8.53. The van der Waals surface area contributed by atoms with Crippen molar-refractivity contribution in [2.24, 2.45) is 0 Å². The zero-order valence-corrected chi connectivity index (χ0v) is 21.8. The Hall–Kier alpha value is -3.55. The molecule has 1 amide bonds. The lowest BCUT2D eigenvalue weighted by Crippen LogP contribution is -2.38. The molecule has 0 saturated heterocycles. The summed E-state index contributed by atoms with van der Waals surface area (Å²) in [6.07, 6.45) is 0. The van der Waals surface area contributed by atoms with Crippen molar-refractivity contribution in [2.45, 2.75) is 34.5 Å². The summed E-state index contributed by atoms with van der Waals surface area (Å²) in [5, 5.41) is 2.92. The normalized spacial score (nSPS) is 11.3. The van der Waals surface area contributed by atoms with Crippen LogP contribution in [0.1, 0.15) is 25.3 Å². The van der Waals surface area contributed by atoms with Crippen molar-refractivity contribution in [1.82, 2.24) is 0 Å². The summed E-state index contributed by atoms with van der Waals surface area (Å²) in [6.45, 7) is 3.79. The van der Waals surface area contributed by atoms with Crippen molar-refractivity contribution in [3.8, 4) is 0 Å². The summed E-state index contributed by atoms with van der Waals surface area (Å²) in [4.78, 5) is 15.3. The molecule has 0 heterocycles. The lowest BCUT2D eigenvalue weighted by Gasteiger charge is -2.25. The zero-order valence-electron chi connectivity index (χ0n) is 20.2. The van der Waals surface area contributed by atoms with Crippen molar-refractivity contribution in [3.63, 3.8) is 0 Å². The zero-order chi connectivity index (χ0) is 25.5. The van der Waals surface area contributed by atoms with Crippen LogP contribution in [0.25, 0.3) is 0 Å². The predicted molar refractivity (Wildman–Crippen MR) is 147 cm³/mol. The van der Waals surface area contributed by atoms with Crippen molar-refractivity contribution < 1.29 is 13.2 Å². The fraction of sp³-hybridized carbons (Fsp3) is 0.138. The number of hydrogen-bond acceptors (Lipinski definition) is 4. The second kappa shape index (κ2) is 11.5. The van der Waals surface area contributed by atoms with Crippen LogP contribution in [0.4, 0.5) is 11.4 Å². The van der Waals surface area contributed by atoms with Gasteiger partial charge in [-0.15, -0.1) is 0 Å². The summed E-state index contributed by atoms with van der Waals surface area (Å²) in [5.41, 5.74) is 2.15. The first-order chi connectivity index (χ1) is 17.3. The van der Waals surface area contributed by atoms with E-state index in [9.17, 15) is 13.2 Å². The predicted octanol–water partition coefficient (Wildman–Crippen LogP) is 6.80. The van der Waals surface area contributed by atoms with E-state index in [1.807, 2.05) is 66.7 Å². The standard InChI is InChI=1S/C29H28N2O3S2/c1-22(2)23-17-19-24(20-18-23)31(36(33,34)26-13-7-4-8-14-26)21-29(32)30-27-15-9-10-16-28(27)35-25-11-5-3-6-12-25/h3-20,22H,21H2,1-2H3,(H,30,32). The van der Waals surface area contributed by atoms with Gasteiger partial charge in [0, 0.05) is 9.79 Å². The fourth-order valence-corrected chi connectivity index (χ4v) is 6.02. The minimum atomic E-state index is -3.97. The van der Waals surface area contributed by atoms with Crippen LogP contribution in [0.15, 0.2) is 124 Å². The molecule has 0 spiro atoms. The van der Waals surface area contributed by atoms with Gasteiger partial charge in [-0.05, 0) is 60.0 Å². The van der Waals surface area contributed by atoms with E-state index in [0.717, 1.165) is 19.7 Å². The average molecular weight is 517 g/mol. The van der Waals surface area contributed by atoms with Gasteiger partial charge in [0.25, 0.3) is 10.0 Å². The van der Waals surface area contributed by atoms with Crippen LogP contribution >= 0.6 is 11.8 Å². The van der Waals surface area contributed by atoms with Crippen molar-refractivity contribution in [3.05, 3.63) is 115 Å². The molecule has 7 heteroatoms. The minimum Gasteiger partial charge on any atom is -0.323 e. The number of anilines is 2. The van der Waals surface area contributed by atoms with Crippen LogP contribution in [0.2, 0.25) is 0 Å². The number of carbonyl (C=O) groups is 1. The SMILES string of the molecule is CC(C)c1ccc(N(CC(=O)Nc2ccccc2Sc2ccccc2)S(=O)(=O)c2ccccc2)cc1. The van der Waals surface area contributed by atoms with Crippen molar-refractivity contribution in [2.75, 3.05) is 16.2 Å². The largest absolute Gasteiger partial charge is 0.323 e. The Bertz CT molecular complexity index is 1410. The van der Waals surface area contributed by atoms with Gasteiger partial charge in [0.1, 0.15) is 6.54 Å². The number of hydrogen-bond donors (Lipinski definition) is 1. The molecule has 0 aliphatic heterocycles. The number of nitrogens with one attached hydrogen (secondary N) is 1. The third-order valence-electron chi connectivity index (χ3n) is 5.60. The van der Waals surface area contributed by atoms with Crippen molar-refractivity contribution >= 4 is 39.1 Å². The summed E-state index contributed by atoms with van der Waals surface area (Å²) in [7, 11) is -3.97. The van der Waals surface area contributed by atoms with E-state index in [1.54, 1.807) is 30.3 Å². The molecule has 1 N–H and O–H groups in total. The number of rotatable bonds is 9. The molecule has 0 unspecified atom stereocenters. The van der Waals surface area contributed by atoms with Gasteiger partial charge >= 0.3 is 0 Å². The smallest absolute Gasteiger partial charge is 0.264 e. The molecular weight excluding hydrogens is 488 g/mol. The number of carbonyl (C=O) groups excluding carboxylic acids is 1. The van der Waals surface area contributed by atoms with E-state index < -0.39 is 15.9 Å². The summed E-state index contributed by atoms with van der Waals surface area (Å²) in [6, 6.07) is 32.8. The molecule has 0 fully saturated rings. The molecule has 184 valence electrons. The fourth-order valence-electron chi connectivity index (χ4n) is 3.65. The van der Waals surface area contributed by atoms with Gasteiger partial charge in [-0.3, -0.25) is 9.10 Å². The molecule has 4 aromatic rings. The van der Waals surface area contributed by atoms with Crippen LogP contribution in [0.5, 0.6) is 0 Å². The van der Waals surface area contributed by atoms with Crippen LogP contribution < -0.4 is 9.62 Å². The van der Waals surface area contributed by atoms with Gasteiger partial charge in [-0.1, -0.05) is 86.3 Å². The summed E-state index contributed by atoms with van der Waals surface area (Å²) in [5.74, 6) is -0.122. The third kappa shape index (κ3) is 6.17. The molecule has 36 heavy (non-hydrogen) atoms. The van der Waals surface area contributed by atoms with Gasteiger partial charge in [-0.2, -0.15) is 0 Å². The number of para-hydroxylation sites is 1. The van der Waals surface area contributed by atoms with Gasteiger partial charge < -0.3 is 5.32 Å². The number of amides is 1. The van der Waals surface area contributed by atoms with E-state index in [1.165, 1.54) is 23.9 Å². The monoisotopic (exact) mass is 516 g/mol. The van der Waals surface area contributed by atoms with Crippen LogP contribution in [-0.4, -0.2) is 20.9 Å². The highest BCUT2D eigenvalue weighted by molar-refractivity contribution is 7.99. The van der Waals surface area contributed by atoms with Crippen molar-refractivity contribution in [1.29, 1.82) is 0 Å². The topological polar surface area (TPSA) is 66.5 Å². The second-order valence-corrected chi connectivity index (χ2v) is 11.5. The minimum absolute atomic E-state index is 0.130. The van der Waals surface area contributed by atoms with Gasteiger partial charge in [0.15, 0.2) is 0 Å². The first-order valence-electron chi connectivity index (χ1n) is 11.6. The molecule has 0 saturated carbocycles. The molecule has 4 aromatic carbocycles. The van der Waals surface area contributed by atoms with Crippen LogP contribution in [0.3, 0.4) is 0 Å². The van der Waals surface area contributed by atoms with E-state index in [-0.39, 0.29) is 11.4 Å². The third-order valence-corrected chi connectivity index (χ3v) is 8.47. The highest BCUT2D eigenvalue weighted by Gasteiger charge is 2.27. The maximum absolute atomic E-state index is 13.6. The Labute approximate surface area is 217 Å². The molecule has 0 aliphatic carbocycles. The number of sulfonamides is 1. The van der Waals surface area contributed by atoms with E-state index >= 15 is 0 Å². The molecule has 0 aliphatic rings. The molecule has 0 aromatic heterocycles. The lowest BCUT2D eigenvalue weighted by atomic mass is 10.0. The Morgan fingerprint density at radius 1 is 0.806 bits per heavy atom. The van der Waals surface area contributed by atoms with E-state index in [2.05, 4.69) is 19.2 Å². The first-order valence-corrected chi connectivity index (χ1v) is 13.9. The Kier molecular flexibility index (Phi) is 8.13. The quantitative estimate of drug-likeness (QED) is 0.266.